The Morgan fingerprint density at radius 2 is 2.05 bits per heavy atom. The van der Waals surface area contributed by atoms with Crippen LogP contribution in [0.4, 0.5) is 0 Å². The number of hydrogen-bond donors (Lipinski definition) is 0. The standard InChI is InChI=1S/C18H24N2O/c19-14-16-7-2-4-9-18(16)21-13-5-11-20-12-10-15-6-1-3-8-17(15)20/h2,4,7,9,15,17H,1,3,5-6,8,10-13H2. The van der Waals surface area contributed by atoms with Gasteiger partial charge in [-0.2, -0.15) is 5.26 Å². The van der Waals surface area contributed by atoms with Crippen LogP contribution in [0.5, 0.6) is 5.75 Å². The Labute approximate surface area is 127 Å². The highest BCUT2D eigenvalue weighted by molar-refractivity contribution is 5.42. The summed E-state index contributed by atoms with van der Waals surface area (Å²) < 4.78 is 5.77. The molecule has 0 spiro atoms. The summed E-state index contributed by atoms with van der Waals surface area (Å²) in [5.74, 6) is 1.68. The van der Waals surface area contributed by atoms with Crippen molar-refractivity contribution in [1.29, 1.82) is 5.26 Å². The minimum absolute atomic E-state index is 0.631. The molecule has 0 bridgehead atoms. The molecule has 0 amide bonds. The summed E-state index contributed by atoms with van der Waals surface area (Å²) >= 11 is 0. The molecule has 3 nitrogen and oxygen atoms in total. The van der Waals surface area contributed by atoms with Crippen LogP contribution in [0.15, 0.2) is 24.3 Å². The third kappa shape index (κ3) is 3.39. The summed E-state index contributed by atoms with van der Waals surface area (Å²) in [7, 11) is 0. The van der Waals surface area contributed by atoms with Crippen LogP contribution in [0, 0.1) is 17.2 Å². The van der Waals surface area contributed by atoms with Gasteiger partial charge in [-0.15, -0.1) is 0 Å². The highest BCUT2D eigenvalue weighted by Crippen LogP contribution is 2.36. The maximum absolute atomic E-state index is 9.04. The van der Waals surface area contributed by atoms with Gasteiger partial charge in [-0.3, -0.25) is 4.90 Å². The topological polar surface area (TPSA) is 36.3 Å². The zero-order valence-electron chi connectivity index (χ0n) is 12.6. The first-order valence-electron chi connectivity index (χ1n) is 8.24. The van der Waals surface area contributed by atoms with Crippen LogP contribution in [-0.4, -0.2) is 30.6 Å². The fourth-order valence-corrected chi connectivity index (χ4v) is 3.92. The third-order valence-electron chi connectivity index (χ3n) is 4.98. The van der Waals surface area contributed by atoms with Crippen LogP contribution < -0.4 is 4.74 Å². The molecule has 0 N–H and O–H groups in total. The zero-order chi connectivity index (χ0) is 14.5. The Hall–Kier alpha value is -1.53. The molecule has 112 valence electrons. The van der Waals surface area contributed by atoms with Crippen molar-refractivity contribution in [2.45, 2.75) is 44.6 Å². The van der Waals surface area contributed by atoms with Crippen molar-refractivity contribution < 1.29 is 4.74 Å². The lowest BCUT2D eigenvalue weighted by molar-refractivity contribution is 0.170. The highest BCUT2D eigenvalue weighted by atomic mass is 16.5. The van der Waals surface area contributed by atoms with E-state index in [2.05, 4.69) is 11.0 Å². The van der Waals surface area contributed by atoms with E-state index in [1.807, 2.05) is 24.3 Å². The number of para-hydroxylation sites is 1. The molecule has 2 fully saturated rings. The molecule has 1 saturated carbocycles. The molecule has 2 unspecified atom stereocenters. The van der Waals surface area contributed by atoms with Gasteiger partial charge in [0.2, 0.25) is 0 Å². The average molecular weight is 284 g/mol. The summed E-state index contributed by atoms with van der Waals surface area (Å²) in [6.07, 6.45) is 8.11. The number of likely N-dealkylation sites (tertiary alicyclic amines) is 1. The lowest BCUT2D eigenvalue weighted by atomic mass is 9.85. The minimum atomic E-state index is 0.631. The van der Waals surface area contributed by atoms with Crippen molar-refractivity contribution >= 4 is 0 Å². The molecule has 1 heterocycles. The van der Waals surface area contributed by atoms with Gasteiger partial charge in [0.05, 0.1) is 12.2 Å². The fraction of sp³-hybridized carbons (Fsp3) is 0.611. The summed E-state index contributed by atoms with van der Waals surface area (Å²) in [5, 5.41) is 9.04. The van der Waals surface area contributed by atoms with E-state index >= 15 is 0 Å². The lowest BCUT2D eigenvalue weighted by Gasteiger charge is -2.31. The number of benzene rings is 1. The second kappa shape index (κ2) is 6.95. The molecule has 1 aliphatic carbocycles. The normalized spacial score (nSPS) is 25.3. The number of nitrogens with zero attached hydrogens (tertiary/aromatic N) is 2. The molecule has 1 saturated heterocycles. The van der Waals surface area contributed by atoms with Gasteiger partial charge in [0.1, 0.15) is 11.8 Å². The van der Waals surface area contributed by atoms with Gasteiger partial charge in [0.15, 0.2) is 0 Å². The Morgan fingerprint density at radius 3 is 2.95 bits per heavy atom. The summed E-state index contributed by atoms with van der Waals surface area (Å²) in [6, 6.07) is 10.5. The third-order valence-corrected chi connectivity index (χ3v) is 4.98. The van der Waals surface area contributed by atoms with Gasteiger partial charge in [-0.05, 0) is 50.3 Å². The van der Waals surface area contributed by atoms with E-state index in [0.717, 1.165) is 30.7 Å². The van der Waals surface area contributed by atoms with Crippen molar-refractivity contribution in [1.82, 2.24) is 4.90 Å². The molecule has 1 aliphatic heterocycles. The molecule has 3 heteroatoms. The van der Waals surface area contributed by atoms with Crippen LogP contribution in [-0.2, 0) is 0 Å². The van der Waals surface area contributed by atoms with Gasteiger partial charge in [0, 0.05) is 12.6 Å². The monoisotopic (exact) mass is 284 g/mol. The highest BCUT2D eigenvalue weighted by Gasteiger charge is 2.34. The van der Waals surface area contributed by atoms with E-state index < -0.39 is 0 Å². The molecule has 3 rings (SSSR count). The van der Waals surface area contributed by atoms with Crippen molar-refractivity contribution in [3.8, 4) is 11.8 Å². The largest absolute Gasteiger partial charge is 0.492 e. The zero-order valence-corrected chi connectivity index (χ0v) is 12.6. The predicted octanol–water partition coefficient (Wildman–Crippen LogP) is 3.59. The number of nitriles is 1. The molecule has 0 radical (unpaired) electrons. The maximum Gasteiger partial charge on any atom is 0.137 e. The Bertz CT molecular complexity index is 508. The van der Waals surface area contributed by atoms with E-state index in [-0.39, 0.29) is 0 Å². The molecule has 1 aromatic rings. The van der Waals surface area contributed by atoms with Gasteiger partial charge >= 0.3 is 0 Å². The first-order valence-corrected chi connectivity index (χ1v) is 8.24. The molecule has 21 heavy (non-hydrogen) atoms. The van der Waals surface area contributed by atoms with Crippen LogP contribution in [0.2, 0.25) is 0 Å². The van der Waals surface area contributed by atoms with Crippen LogP contribution in [0.1, 0.15) is 44.1 Å². The predicted molar refractivity (Wildman–Crippen MR) is 83.2 cm³/mol. The van der Waals surface area contributed by atoms with Crippen molar-refractivity contribution in [2.24, 2.45) is 5.92 Å². The van der Waals surface area contributed by atoms with E-state index in [1.165, 1.54) is 38.6 Å². The Morgan fingerprint density at radius 1 is 1.19 bits per heavy atom. The first-order chi connectivity index (χ1) is 10.4. The number of rotatable bonds is 5. The minimum Gasteiger partial charge on any atom is -0.492 e. The lowest BCUT2D eigenvalue weighted by Crippen LogP contribution is -2.35. The molecular weight excluding hydrogens is 260 g/mol. The van der Waals surface area contributed by atoms with Crippen molar-refractivity contribution in [3.63, 3.8) is 0 Å². The Balaban J connectivity index is 1.43. The molecule has 2 aliphatic rings. The molecule has 0 aromatic heterocycles. The van der Waals surface area contributed by atoms with E-state index in [1.54, 1.807) is 0 Å². The van der Waals surface area contributed by atoms with Crippen LogP contribution >= 0.6 is 0 Å². The number of hydrogen-bond acceptors (Lipinski definition) is 3. The molecular formula is C18H24N2O. The SMILES string of the molecule is N#Cc1ccccc1OCCCN1CCC2CCCCC21. The van der Waals surface area contributed by atoms with Crippen LogP contribution in [0.25, 0.3) is 0 Å². The number of fused-ring (bicyclic) bond motifs is 1. The smallest absolute Gasteiger partial charge is 0.137 e. The summed E-state index contributed by atoms with van der Waals surface area (Å²) in [6.45, 7) is 3.10. The van der Waals surface area contributed by atoms with Crippen molar-refractivity contribution in [3.05, 3.63) is 29.8 Å². The van der Waals surface area contributed by atoms with Gasteiger partial charge in [0.25, 0.3) is 0 Å². The Kier molecular flexibility index (Phi) is 4.77. The van der Waals surface area contributed by atoms with E-state index in [9.17, 15) is 0 Å². The maximum atomic E-state index is 9.04. The second-order valence-electron chi connectivity index (χ2n) is 6.25. The van der Waals surface area contributed by atoms with Gasteiger partial charge in [-0.1, -0.05) is 25.0 Å². The average Bonchev–Trinajstić information content (AvgIpc) is 2.95. The van der Waals surface area contributed by atoms with Crippen molar-refractivity contribution in [2.75, 3.05) is 19.7 Å². The second-order valence-corrected chi connectivity index (χ2v) is 6.25. The molecule has 2 atom stereocenters. The van der Waals surface area contributed by atoms with Gasteiger partial charge < -0.3 is 4.74 Å². The van der Waals surface area contributed by atoms with Crippen LogP contribution in [0.3, 0.4) is 0 Å². The van der Waals surface area contributed by atoms with E-state index in [4.69, 9.17) is 10.00 Å². The first kappa shape index (κ1) is 14.4. The number of ether oxygens (including phenoxy) is 1. The van der Waals surface area contributed by atoms with E-state index in [0.29, 0.717) is 12.2 Å². The summed E-state index contributed by atoms with van der Waals surface area (Å²) in [4.78, 5) is 2.67. The quantitative estimate of drug-likeness (QED) is 0.775. The summed E-state index contributed by atoms with van der Waals surface area (Å²) in [5.41, 5.74) is 0.631. The fourth-order valence-electron chi connectivity index (χ4n) is 3.92. The van der Waals surface area contributed by atoms with Gasteiger partial charge in [-0.25, -0.2) is 0 Å². The molecule has 1 aromatic carbocycles.